The average molecular weight is 1330 g/mol. The van der Waals surface area contributed by atoms with Crippen LogP contribution in [0.4, 0.5) is 22.7 Å². The predicted molar refractivity (Wildman–Crippen MR) is 385 cm³/mol. The van der Waals surface area contributed by atoms with Crippen LogP contribution >= 0.6 is 0 Å². The minimum absolute atomic E-state index is 0.00588. The maximum Gasteiger partial charge on any atom is 0.326 e. The van der Waals surface area contributed by atoms with Crippen LogP contribution in [0.5, 0.6) is 0 Å². The zero-order chi connectivity index (χ0) is 68.8. The quantitative estimate of drug-likeness (QED) is 0.0424. The van der Waals surface area contributed by atoms with Crippen molar-refractivity contribution in [3.8, 4) is 22.5 Å². The van der Waals surface area contributed by atoms with Gasteiger partial charge in [-0.05, 0) is 145 Å². The summed E-state index contributed by atoms with van der Waals surface area (Å²) < 4.78 is 0. The second-order valence-corrected chi connectivity index (χ2v) is 25.6. The Morgan fingerprint density at radius 3 is 1.02 bits per heavy atom. The standard InChI is InChI=1S/C40H39N5O4.C27H26N4O2.C13H15NO3/c46-37(23-27-9-3-1-4-10-27)44-21-7-13-35(44)39(48)41-31-18-15-29(16-19-31)33-25-30-17-20-32(26-34(30)43-33)42-40(49)36-14-8-22-45(36)38(47)24-28-11-5-2-6-12-28;28-21-11-8-20-16-23(30-24(20)17-21)19-9-12-22(13-10-19)29-27(33)25-7-4-14-31(25)26(32)15-18-5-2-1-3-6-18;15-12(9-10-5-2-1-3-6-10)14-8-4-7-11(14)13(16)17/h1-6,9-12,15-20,25-26,35-36,43H,7-8,13-14,21-24H2,(H,41,48)(H,42,49);1-3,5-6,8-13,16-17,25,30H,4,7,14-15,28H2,(H,29,33);1-3,5-6,11H,4,7-9H2,(H,16,17)/t35-,36-;25-;11-/m000/s1. The summed E-state index contributed by atoms with van der Waals surface area (Å²) in [5, 5.41) is 20.1. The third kappa shape index (κ3) is 17.0. The molecule has 4 aliphatic rings. The highest BCUT2D eigenvalue weighted by atomic mass is 16.4. The zero-order valence-electron chi connectivity index (χ0n) is 55.0. The SMILES string of the molecule is Nc1ccc2cc(-c3ccc(NC(=O)[C@@H]4CCCN4C(=O)Cc4ccccc4)cc3)[nH]c2c1.O=C(Nc1ccc(-c2cc3ccc(NC(=O)[C@@H]4CCCN4C(=O)Cc4ccccc4)cc3[nH]2)cc1)[C@@H]1CCCN1C(=O)Cc1ccccc1.O=C(O)[C@@H]1CCCN1C(=O)Cc1ccccc1. The summed E-state index contributed by atoms with van der Waals surface area (Å²) in [5.41, 5.74) is 18.1. The summed E-state index contributed by atoms with van der Waals surface area (Å²) in [5.74, 6) is -1.55. The van der Waals surface area contributed by atoms with Crippen molar-refractivity contribution in [3.63, 3.8) is 0 Å². The number of nitrogen functional groups attached to an aromatic ring is 1. The van der Waals surface area contributed by atoms with Crippen LogP contribution in [0.2, 0.25) is 0 Å². The number of carboxylic acid groups (broad SMARTS) is 1. The Morgan fingerprint density at radius 2 is 0.667 bits per heavy atom. The van der Waals surface area contributed by atoms with Crippen molar-refractivity contribution in [2.45, 2.75) is 101 Å². The van der Waals surface area contributed by atoms with Crippen LogP contribution in [0.15, 0.2) is 218 Å². The summed E-state index contributed by atoms with van der Waals surface area (Å²) in [6.45, 7) is 2.34. The summed E-state index contributed by atoms with van der Waals surface area (Å²) in [4.78, 5) is 115. The Balaban J connectivity index is 0.000000159. The second-order valence-electron chi connectivity index (χ2n) is 25.6. The number of hydrogen-bond acceptors (Lipinski definition) is 9. The van der Waals surface area contributed by atoms with Gasteiger partial charge in [0.25, 0.3) is 0 Å². The third-order valence-electron chi connectivity index (χ3n) is 18.7. The zero-order valence-corrected chi connectivity index (χ0v) is 55.0. The van der Waals surface area contributed by atoms with Gasteiger partial charge in [-0.3, -0.25) is 33.6 Å². The summed E-state index contributed by atoms with van der Waals surface area (Å²) in [6, 6.07) is 67.2. The fraction of sp³-hybridized carbons (Fsp3) is 0.250. The van der Waals surface area contributed by atoms with Gasteiger partial charge < -0.3 is 56.4 Å². The molecule has 4 saturated heterocycles. The highest BCUT2D eigenvalue weighted by Gasteiger charge is 2.37. The molecule has 14 rings (SSSR count). The molecule has 7 amide bonds. The van der Waals surface area contributed by atoms with Crippen molar-refractivity contribution in [2.75, 3.05) is 47.9 Å². The number of nitrogens with zero attached hydrogens (tertiary/aromatic N) is 4. The highest BCUT2D eigenvalue weighted by molar-refractivity contribution is 6.01. The van der Waals surface area contributed by atoms with E-state index in [2.05, 4.69) is 32.0 Å². The molecule has 0 bridgehead atoms. The number of likely N-dealkylation sites (tertiary alicyclic amines) is 4. The molecule has 19 nitrogen and oxygen atoms in total. The van der Waals surface area contributed by atoms with Gasteiger partial charge in [0.05, 0.1) is 25.7 Å². The highest BCUT2D eigenvalue weighted by Crippen LogP contribution is 2.31. The van der Waals surface area contributed by atoms with Crippen molar-refractivity contribution >= 4 is 91.9 Å². The first-order valence-electron chi connectivity index (χ1n) is 33.9. The fourth-order valence-corrected chi connectivity index (χ4v) is 13.6. The van der Waals surface area contributed by atoms with E-state index < -0.39 is 30.1 Å². The number of aliphatic carboxylic acids is 1. The van der Waals surface area contributed by atoms with Crippen LogP contribution in [0.1, 0.15) is 73.6 Å². The number of hydrogen-bond donors (Lipinski definition) is 7. The number of aromatic nitrogens is 2. The Bertz CT molecular complexity index is 4510. The lowest BCUT2D eigenvalue weighted by molar-refractivity contribution is -0.148. The molecule has 19 heteroatoms. The van der Waals surface area contributed by atoms with Gasteiger partial charge in [-0.2, -0.15) is 0 Å². The predicted octanol–water partition coefficient (Wildman–Crippen LogP) is 12.1. The van der Waals surface area contributed by atoms with Gasteiger partial charge in [-0.25, -0.2) is 4.79 Å². The molecule has 4 aliphatic heterocycles. The van der Waals surface area contributed by atoms with Crippen LogP contribution in [-0.2, 0) is 64.0 Å². The number of rotatable bonds is 17. The van der Waals surface area contributed by atoms with Crippen molar-refractivity contribution in [1.82, 2.24) is 29.6 Å². The molecule has 6 heterocycles. The van der Waals surface area contributed by atoms with Crippen LogP contribution in [-0.4, -0.2) is 132 Å². The van der Waals surface area contributed by atoms with E-state index in [0.717, 1.165) is 97.9 Å². The molecule has 2 aromatic heterocycles. The van der Waals surface area contributed by atoms with Crippen molar-refractivity contribution in [1.29, 1.82) is 0 Å². The summed E-state index contributed by atoms with van der Waals surface area (Å²) in [7, 11) is 0. The van der Waals surface area contributed by atoms with Gasteiger partial charge in [0.2, 0.25) is 41.4 Å². The number of carbonyl (C=O) groups excluding carboxylic acids is 7. The van der Waals surface area contributed by atoms with Gasteiger partial charge in [-0.1, -0.05) is 158 Å². The van der Waals surface area contributed by atoms with Crippen molar-refractivity contribution < 1.29 is 43.5 Å². The number of carboxylic acids is 1. The van der Waals surface area contributed by atoms with E-state index in [1.807, 2.05) is 212 Å². The molecule has 10 aromatic rings. The van der Waals surface area contributed by atoms with E-state index in [0.29, 0.717) is 75.3 Å². The maximum atomic E-state index is 13.3. The van der Waals surface area contributed by atoms with Gasteiger partial charge in [0, 0.05) is 82.1 Å². The molecule has 504 valence electrons. The molecule has 0 aliphatic carbocycles. The van der Waals surface area contributed by atoms with Crippen LogP contribution in [0, 0.1) is 0 Å². The van der Waals surface area contributed by atoms with Crippen LogP contribution < -0.4 is 21.7 Å². The Labute approximate surface area is 574 Å². The van der Waals surface area contributed by atoms with Crippen LogP contribution in [0.25, 0.3) is 44.3 Å². The van der Waals surface area contributed by atoms with Crippen LogP contribution in [0.3, 0.4) is 0 Å². The normalized spacial score (nSPS) is 17.1. The number of aromatic amines is 2. The number of carbonyl (C=O) groups is 8. The smallest absolute Gasteiger partial charge is 0.326 e. The first kappa shape index (κ1) is 67.4. The van der Waals surface area contributed by atoms with Crippen molar-refractivity contribution in [2.24, 2.45) is 0 Å². The van der Waals surface area contributed by atoms with Gasteiger partial charge >= 0.3 is 5.97 Å². The molecule has 8 aromatic carbocycles. The lowest BCUT2D eigenvalue weighted by Gasteiger charge is -2.24. The van der Waals surface area contributed by atoms with Gasteiger partial charge in [0.15, 0.2) is 0 Å². The molecule has 4 atom stereocenters. The minimum Gasteiger partial charge on any atom is -0.480 e. The minimum atomic E-state index is -0.899. The average Bonchev–Trinajstić information content (AvgIpc) is 1.72. The van der Waals surface area contributed by atoms with E-state index in [1.165, 1.54) is 4.90 Å². The number of nitrogens with one attached hydrogen (secondary N) is 5. The molecule has 4 fully saturated rings. The number of H-pyrrole nitrogens is 2. The summed E-state index contributed by atoms with van der Waals surface area (Å²) >= 11 is 0. The van der Waals surface area contributed by atoms with Gasteiger partial charge in [0.1, 0.15) is 24.2 Å². The van der Waals surface area contributed by atoms with Gasteiger partial charge in [-0.15, -0.1) is 0 Å². The Morgan fingerprint density at radius 1 is 0.364 bits per heavy atom. The molecule has 0 radical (unpaired) electrons. The van der Waals surface area contributed by atoms with Crippen molar-refractivity contribution in [3.05, 3.63) is 241 Å². The Kier molecular flexibility index (Phi) is 21.5. The fourth-order valence-electron chi connectivity index (χ4n) is 13.6. The van der Waals surface area contributed by atoms with E-state index in [9.17, 15) is 38.4 Å². The second kappa shape index (κ2) is 31.5. The molecule has 0 saturated carbocycles. The molecule has 0 spiro atoms. The molecular weight excluding hydrogens is 1240 g/mol. The lowest BCUT2D eigenvalue weighted by atomic mass is 10.1. The summed E-state index contributed by atoms with van der Waals surface area (Å²) in [6.07, 6.45) is 6.91. The third-order valence-corrected chi connectivity index (χ3v) is 18.7. The number of anilines is 4. The molecule has 99 heavy (non-hydrogen) atoms. The van der Waals surface area contributed by atoms with E-state index in [4.69, 9.17) is 10.8 Å². The number of benzene rings is 8. The number of fused-ring (bicyclic) bond motifs is 2. The molecule has 8 N–H and O–H groups in total. The van der Waals surface area contributed by atoms with E-state index >= 15 is 0 Å². The number of nitrogens with two attached hydrogens (primary N) is 1. The largest absolute Gasteiger partial charge is 0.480 e. The Hall–Kier alpha value is -11.6. The number of amides is 7. The topological polar surface area (TPSA) is 263 Å². The first-order chi connectivity index (χ1) is 48.2. The lowest BCUT2D eigenvalue weighted by Crippen LogP contribution is -2.43. The molecular formula is C80H80N10O9. The maximum absolute atomic E-state index is 13.3. The monoisotopic (exact) mass is 1320 g/mol. The molecule has 0 unspecified atom stereocenters. The van der Waals surface area contributed by atoms with E-state index in [1.54, 1.807) is 14.7 Å². The van der Waals surface area contributed by atoms with E-state index in [-0.39, 0.29) is 60.6 Å². The first-order valence-corrected chi connectivity index (χ1v) is 33.9.